The van der Waals surface area contributed by atoms with Gasteiger partial charge in [-0.25, -0.2) is 15.0 Å². The largest absolute Gasteiger partial charge is 0.325 e. The van der Waals surface area contributed by atoms with E-state index in [-0.39, 0.29) is 9.93 Å². The van der Waals surface area contributed by atoms with E-state index >= 15 is 0 Å². The molecule has 5 heteroatoms. The van der Waals surface area contributed by atoms with Crippen molar-refractivity contribution in [2.45, 2.75) is 75.0 Å². The van der Waals surface area contributed by atoms with Gasteiger partial charge < -0.3 is 0 Å². The molecule has 0 aliphatic carbocycles. The van der Waals surface area contributed by atoms with Crippen LogP contribution in [0.2, 0.25) is 24.2 Å². The molecule has 0 saturated carbocycles. The highest BCUT2D eigenvalue weighted by atomic mass is 32.2. The maximum atomic E-state index is 12.6. The Labute approximate surface area is 142 Å². The van der Waals surface area contributed by atoms with E-state index in [2.05, 4.69) is 38.7 Å². The van der Waals surface area contributed by atoms with Gasteiger partial charge in [-0.15, -0.1) is 0 Å². The topological polar surface area (TPSA) is 38.5 Å². The van der Waals surface area contributed by atoms with Crippen molar-refractivity contribution in [3.8, 4) is 0 Å². The lowest BCUT2D eigenvalue weighted by Crippen LogP contribution is -2.37. The summed E-state index contributed by atoms with van der Waals surface area (Å²) in [6.07, 6.45) is 1.22. The number of nitrogens with zero attached hydrogens (tertiary/aromatic N) is 1. The first-order valence-corrected chi connectivity index (χ1v) is 12.8. The molecule has 1 rings (SSSR count). The van der Waals surface area contributed by atoms with Crippen LogP contribution in [0.1, 0.15) is 39.2 Å². The maximum Gasteiger partial charge on any atom is 0.325 e. The second-order valence-electron chi connectivity index (χ2n) is 7.97. The zero-order chi connectivity index (χ0) is 17.9. The van der Waals surface area contributed by atoms with Crippen LogP contribution < -0.4 is 0 Å². The monoisotopic (exact) mass is 351 g/mol. The Morgan fingerprint density at radius 1 is 1.17 bits per heavy atom. The fraction of sp³-hybridized carbons (Fsp3) is 0.611. The molecule has 0 aliphatic rings. The summed E-state index contributed by atoms with van der Waals surface area (Å²) >= 11 is 0. The molecule has 1 unspecified atom stereocenters. The van der Waals surface area contributed by atoms with Crippen molar-refractivity contribution >= 4 is 17.9 Å². The number of hydrogen-bond donors (Lipinski definition) is 0. The maximum absolute atomic E-state index is 12.6. The Bertz CT molecular complexity index is 664. The van der Waals surface area contributed by atoms with Crippen LogP contribution in [0.25, 0.3) is 4.85 Å². The molecule has 23 heavy (non-hydrogen) atoms. The Morgan fingerprint density at radius 2 is 1.70 bits per heavy atom. The van der Waals surface area contributed by atoms with E-state index in [1.165, 1.54) is 0 Å². The van der Waals surface area contributed by atoms with Crippen molar-refractivity contribution in [3.63, 3.8) is 0 Å². The molecule has 0 fully saturated rings. The lowest BCUT2D eigenvalue weighted by atomic mass is 10.2. The van der Waals surface area contributed by atoms with Crippen molar-refractivity contribution in [1.29, 1.82) is 0 Å². The van der Waals surface area contributed by atoms with Crippen LogP contribution in [0, 0.1) is 13.5 Å². The van der Waals surface area contributed by atoms with Crippen molar-refractivity contribution in [3.05, 3.63) is 41.2 Å². The van der Waals surface area contributed by atoms with Crippen molar-refractivity contribution in [1.82, 2.24) is 0 Å². The summed E-state index contributed by atoms with van der Waals surface area (Å²) in [5, 5.41) is -0.675. The highest BCUT2D eigenvalue weighted by molar-refractivity contribution is 7.92. The average molecular weight is 352 g/mol. The molecule has 0 amide bonds. The predicted molar refractivity (Wildman–Crippen MR) is 100.0 cm³/mol. The molecule has 0 radical (unpaired) electrons. The Hall–Kier alpha value is -1.12. The molecule has 3 nitrogen and oxygen atoms in total. The number of sulfone groups is 1. The molecule has 0 heterocycles. The van der Waals surface area contributed by atoms with Gasteiger partial charge in [0.2, 0.25) is 0 Å². The Balaban J connectivity index is 2.82. The minimum atomic E-state index is -3.56. The number of rotatable bonds is 6. The van der Waals surface area contributed by atoms with Crippen molar-refractivity contribution in [2.24, 2.45) is 0 Å². The molecule has 0 N–H and O–H groups in total. The molecule has 0 saturated heterocycles. The van der Waals surface area contributed by atoms with Gasteiger partial charge in [0, 0.05) is 6.42 Å². The lowest BCUT2D eigenvalue weighted by Gasteiger charge is -2.37. The quantitative estimate of drug-likeness (QED) is 0.515. The van der Waals surface area contributed by atoms with Gasteiger partial charge in [-0.2, -0.15) is 0 Å². The molecular formula is C18H29NO2SSi. The number of hydrogen-bond acceptors (Lipinski definition) is 2. The zero-order valence-corrected chi connectivity index (χ0v) is 17.0. The summed E-state index contributed by atoms with van der Waals surface area (Å²) in [7, 11) is -4.99. The third kappa shape index (κ3) is 4.92. The molecule has 0 aromatic heterocycles. The summed E-state index contributed by atoms with van der Waals surface area (Å²) in [6.45, 7) is 20.7. The number of benzene rings is 1. The minimum Gasteiger partial charge on any atom is -0.296 e. The second-order valence-corrected chi connectivity index (χ2v) is 15.8. The van der Waals surface area contributed by atoms with Crippen LogP contribution >= 0.6 is 0 Å². The smallest absolute Gasteiger partial charge is 0.296 e. The van der Waals surface area contributed by atoms with E-state index in [4.69, 9.17) is 6.57 Å². The molecule has 0 bridgehead atoms. The fourth-order valence-corrected chi connectivity index (χ4v) is 5.55. The fourth-order valence-electron chi connectivity index (χ4n) is 2.27. The van der Waals surface area contributed by atoms with Crippen LogP contribution in [0.5, 0.6) is 0 Å². The van der Waals surface area contributed by atoms with E-state index in [1.54, 1.807) is 24.3 Å². The predicted octanol–water partition coefficient (Wildman–Crippen LogP) is 5.30. The summed E-state index contributed by atoms with van der Waals surface area (Å²) in [4.78, 5) is 3.68. The zero-order valence-electron chi connectivity index (χ0n) is 15.2. The van der Waals surface area contributed by atoms with Gasteiger partial charge in [0.1, 0.15) is 0 Å². The van der Waals surface area contributed by atoms with Crippen LogP contribution in [-0.4, -0.2) is 21.9 Å². The third-order valence-electron chi connectivity index (χ3n) is 5.13. The first-order chi connectivity index (χ1) is 10.4. The van der Waals surface area contributed by atoms with E-state index in [0.29, 0.717) is 6.42 Å². The van der Waals surface area contributed by atoms with Gasteiger partial charge in [-0.1, -0.05) is 57.6 Å². The van der Waals surface area contributed by atoms with E-state index in [9.17, 15) is 8.42 Å². The molecule has 1 atom stereocenters. The van der Waals surface area contributed by atoms with E-state index in [0.717, 1.165) is 18.0 Å². The standard InChI is InChI=1S/C18H29NO2SSi/c1-15-10-12-16(13-11-15)22(20,21)17(19-5)9-8-14-23(6,7)18(2,3)4/h10-13,17H,8-9,14H2,1-4,6-7H3. The van der Waals surface area contributed by atoms with Gasteiger partial charge in [-0.3, -0.25) is 4.85 Å². The van der Waals surface area contributed by atoms with Gasteiger partial charge in [0.25, 0.3) is 9.84 Å². The first-order valence-electron chi connectivity index (χ1n) is 8.09. The Morgan fingerprint density at radius 3 is 2.13 bits per heavy atom. The van der Waals surface area contributed by atoms with Gasteiger partial charge >= 0.3 is 5.37 Å². The summed E-state index contributed by atoms with van der Waals surface area (Å²) in [5.74, 6) is 0. The van der Waals surface area contributed by atoms with Gasteiger partial charge in [-0.05, 0) is 30.5 Å². The molecular weight excluding hydrogens is 322 g/mol. The third-order valence-corrected chi connectivity index (χ3v) is 12.8. The molecule has 128 valence electrons. The number of aryl methyl sites for hydroxylation is 1. The summed E-state index contributed by atoms with van der Waals surface area (Å²) < 4.78 is 25.2. The van der Waals surface area contributed by atoms with Gasteiger partial charge in [0.05, 0.1) is 13.0 Å². The molecule has 1 aromatic rings. The van der Waals surface area contributed by atoms with Crippen LogP contribution in [0.3, 0.4) is 0 Å². The van der Waals surface area contributed by atoms with Crippen LogP contribution in [-0.2, 0) is 9.84 Å². The van der Waals surface area contributed by atoms with Crippen molar-refractivity contribution < 1.29 is 8.42 Å². The Kier molecular flexibility index (Phi) is 6.23. The molecule has 0 spiro atoms. The van der Waals surface area contributed by atoms with Crippen LogP contribution in [0.15, 0.2) is 29.2 Å². The highest BCUT2D eigenvalue weighted by Gasteiger charge is 2.37. The normalized spacial score (nSPS) is 14.3. The van der Waals surface area contributed by atoms with E-state index in [1.807, 2.05) is 6.92 Å². The summed E-state index contributed by atoms with van der Waals surface area (Å²) in [5.41, 5.74) is 1.02. The highest BCUT2D eigenvalue weighted by Crippen LogP contribution is 2.40. The minimum absolute atomic E-state index is 0.261. The van der Waals surface area contributed by atoms with Crippen molar-refractivity contribution in [2.75, 3.05) is 0 Å². The SMILES string of the molecule is [C-]#[N+]C(CCC[Si](C)(C)C(C)(C)C)S(=O)(=O)c1ccc(C)cc1. The van der Waals surface area contributed by atoms with Gasteiger partial charge in [0.15, 0.2) is 0 Å². The second kappa shape index (κ2) is 7.19. The first kappa shape index (κ1) is 19.9. The van der Waals surface area contributed by atoms with E-state index < -0.39 is 23.3 Å². The summed E-state index contributed by atoms with van der Waals surface area (Å²) in [6, 6.07) is 7.83. The van der Waals surface area contributed by atoms with Crippen LogP contribution in [0.4, 0.5) is 0 Å². The average Bonchev–Trinajstić information content (AvgIpc) is 2.42. The lowest BCUT2D eigenvalue weighted by molar-refractivity contribution is 0.581. The molecule has 0 aliphatic heterocycles. The molecule has 1 aromatic carbocycles.